The second kappa shape index (κ2) is 11.1. The smallest absolute Gasteiger partial charge is 0.353 e. The minimum Gasteiger partial charge on any atom is -0.477 e. The van der Waals surface area contributed by atoms with Crippen LogP contribution in [0.15, 0.2) is 57.1 Å². The van der Waals surface area contributed by atoms with Gasteiger partial charge in [0.25, 0.3) is 11.8 Å². The number of nitrogens with one attached hydrogen (secondary N) is 1. The van der Waals surface area contributed by atoms with Gasteiger partial charge in [0.15, 0.2) is 21.9 Å². The maximum absolute atomic E-state index is 13.0. The number of thioether (sulfide) groups is 2. The highest BCUT2D eigenvalue weighted by molar-refractivity contribution is 8.07. The predicted octanol–water partition coefficient (Wildman–Crippen LogP) is 0.316. The molecule has 0 radical (unpaired) electrons. The number of nitrogen functional groups attached to an aromatic ring is 1. The molecule has 1 saturated heterocycles. The van der Waals surface area contributed by atoms with Gasteiger partial charge < -0.3 is 21.4 Å². The van der Waals surface area contributed by atoms with Crippen LogP contribution in [0.1, 0.15) is 5.82 Å². The number of aromatic nitrogens is 7. The monoisotopic (exact) mass is 644 g/mol. The van der Waals surface area contributed by atoms with Crippen molar-refractivity contribution in [2.24, 2.45) is 12.2 Å². The number of hydrogen-bond acceptors (Lipinski definition) is 15. The lowest BCUT2D eigenvalue weighted by Crippen LogP contribution is -2.71. The zero-order valence-corrected chi connectivity index (χ0v) is 24.4. The Morgan fingerprint density at radius 3 is 2.83 bits per heavy atom. The molecule has 0 aromatic carbocycles. The molecule has 0 bridgehead atoms. The number of pyridine rings is 1. The summed E-state index contributed by atoms with van der Waals surface area (Å²) in [5.41, 5.74) is 6.48. The summed E-state index contributed by atoms with van der Waals surface area (Å²) in [6, 6.07) is 2.81. The molecule has 4 aromatic heterocycles. The first kappa shape index (κ1) is 27.8. The standard InChI is InChI=1S/C22H17N11O5S4/c1-31-4-2-3-9(5-31)10-6-32(8-24-10)21-27-22(42-30-21)40-11-7-39-18-13(17(35)33(18)14(11)19(36)37)25-16(34)12(28-38)15-26-20(23)41-29-15/h2-6,8,13,18H,7H2,1H3,(H4-,23,25,26,29,34,36,37,38)/p+1/t13-,18?/m1/s1. The fraction of sp³-hybridized carbons (Fsp3) is 0.182. The zero-order chi connectivity index (χ0) is 29.5. The van der Waals surface area contributed by atoms with Crippen LogP contribution in [0.2, 0.25) is 0 Å². The van der Waals surface area contributed by atoms with Crippen LogP contribution in [0.3, 0.4) is 0 Å². The van der Waals surface area contributed by atoms with Crippen molar-refractivity contribution in [1.29, 1.82) is 0 Å². The van der Waals surface area contributed by atoms with Crippen molar-refractivity contribution < 1.29 is 29.3 Å². The number of carbonyl (C=O) groups excluding carboxylic acids is 2. The number of oxime groups is 1. The molecule has 2 aliphatic heterocycles. The molecule has 6 rings (SSSR count). The number of aryl methyl sites for hydroxylation is 1. The van der Waals surface area contributed by atoms with Crippen LogP contribution in [0.5, 0.6) is 0 Å². The van der Waals surface area contributed by atoms with Crippen LogP contribution in [-0.4, -0.2) is 84.1 Å². The summed E-state index contributed by atoms with van der Waals surface area (Å²) in [5, 5.41) is 24.1. The van der Waals surface area contributed by atoms with E-state index in [2.05, 4.69) is 34.2 Å². The molecule has 16 nitrogen and oxygen atoms in total. The second-order valence-electron chi connectivity index (χ2n) is 8.73. The van der Waals surface area contributed by atoms with Crippen molar-refractivity contribution in [3.63, 3.8) is 0 Å². The fourth-order valence-electron chi connectivity index (χ4n) is 4.18. The van der Waals surface area contributed by atoms with Gasteiger partial charge in [-0.05, 0) is 17.6 Å². The zero-order valence-electron chi connectivity index (χ0n) is 21.2. The van der Waals surface area contributed by atoms with E-state index in [1.165, 1.54) is 11.8 Å². The summed E-state index contributed by atoms with van der Waals surface area (Å²) in [4.78, 5) is 52.3. The number of imidazole rings is 1. The Labute approximate surface area is 252 Å². The first-order chi connectivity index (χ1) is 20.2. The van der Waals surface area contributed by atoms with E-state index < -0.39 is 34.9 Å². The molecule has 0 spiro atoms. The van der Waals surface area contributed by atoms with Crippen LogP contribution in [0.25, 0.3) is 17.2 Å². The van der Waals surface area contributed by atoms with E-state index in [1.54, 1.807) is 17.1 Å². The Kier molecular flexibility index (Phi) is 7.35. The number of fused-ring (bicyclic) bond motifs is 1. The van der Waals surface area contributed by atoms with Gasteiger partial charge in [0.05, 0.1) is 11.3 Å². The lowest BCUT2D eigenvalue weighted by molar-refractivity contribution is -0.671. The van der Waals surface area contributed by atoms with Crippen molar-refractivity contribution >= 4 is 75.2 Å². The van der Waals surface area contributed by atoms with Crippen molar-refractivity contribution in [2.75, 3.05) is 11.5 Å². The first-order valence-electron chi connectivity index (χ1n) is 11.8. The Bertz CT molecular complexity index is 1800. The van der Waals surface area contributed by atoms with Crippen molar-refractivity contribution in [2.45, 2.75) is 15.8 Å². The molecule has 20 heteroatoms. The molecule has 6 heterocycles. The summed E-state index contributed by atoms with van der Waals surface area (Å²) >= 11 is 4.28. The molecule has 1 unspecified atom stereocenters. The first-order valence-corrected chi connectivity index (χ1v) is 15.2. The van der Waals surface area contributed by atoms with Crippen LogP contribution >= 0.6 is 46.6 Å². The average Bonchev–Trinajstić information content (AvgIpc) is 3.73. The number of rotatable bonds is 8. The van der Waals surface area contributed by atoms with Gasteiger partial charge in [0.1, 0.15) is 30.5 Å². The number of carboxylic acids is 1. The van der Waals surface area contributed by atoms with E-state index in [-0.39, 0.29) is 22.4 Å². The largest absolute Gasteiger partial charge is 0.477 e. The number of nitrogens with two attached hydrogens (primary N) is 1. The quantitative estimate of drug-likeness (QED) is 0.0668. The molecular weight excluding hydrogens is 627 g/mol. The highest BCUT2D eigenvalue weighted by Crippen LogP contribution is 2.45. The van der Waals surface area contributed by atoms with E-state index >= 15 is 0 Å². The van der Waals surface area contributed by atoms with Crippen LogP contribution in [-0.2, 0) is 21.4 Å². The number of aliphatic carboxylic acids is 1. The normalized spacial score (nSPS) is 18.5. The van der Waals surface area contributed by atoms with Gasteiger partial charge in [0, 0.05) is 34.5 Å². The van der Waals surface area contributed by atoms with Gasteiger partial charge in [-0.2, -0.15) is 18.7 Å². The van der Waals surface area contributed by atoms with Gasteiger partial charge in [-0.25, -0.2) is 14.3 Å². The minimum atomic E-state index is -1.29. The Hall–Kier alpha value is -4.40. The van der Waals surface area contributed by atoms with Gasteiger partial charge in [-0.1, -0.05) is 16.9 Å². The third-order valence-electron chi connectivity index (χ3n) is 6.05. The maximum atomic E-state index is 13.0. The van der Waals surface area contributed by atoms with Crippen LogP contribution in [0, 0.1) is 0 Å². The number of hydrogen-bond donors (Lipinski definition) is 4. The molecule has 5 N–H and O–H groups in total. The number of anilines is 1. The lowest BCUT2D eigenvalue weighted by Gasteiger charge is -2.49. The molecule has 0 aliphatic carbocycles. The molecule has 2 atom stereocenters. The van der Waals surface area contributed by atoms with Gasteiger partial charge >= 0.3 is 5.97 Å². The summed E-state index contributed by atoms with van der Waals surface area (Å²) < 4.78 is 12.3. The molecule has 0 saturated carbocycles. The molecular formula is C22H18N11O5S4+. The van der Waals surface area contributed by atoms with Crippen molar-refractivity contribution in [1.82, 2.24) is 38.5 Å². The lowest BCUT2D eigenvalue weighted by atomic mass is 10.0. The van der Waals surface area contributed by atoms with Gasteiger partial charge in [0.2, 0.25) is 17.5 Å². The van der Waals surface area contributed by atoms with Crippen molar-refractivity contribution in [3.8, 4) is 17.2 Å². The Morgan fingerprint density at radius 1 is 1.29 bits per heavy atom. The third-order valence-corrected chi connectivity index (χ3v) is 9.88. The number of nitrogens with zero attached hydrogens (tertiary/aromatic N) is 9. The van der Waals surface area contributed by atoms with E-state index in [9.17, 15) is 24.7 Å². The summed E-state index contributed by atoms with van der Waals surface area (Å²) in [6.07, 6.45) is 7.26. The Morgan fingerprint density at radius 2 is 2.12 bits per heavy atom. The molecule has 1 fully saturated rings. The summed E-state index contributed by atoms with van der Waals surface area (Å²) in [6.45, 7) is 0. The summed E-state index contributed by atoms with van der Waals surface area (Å²) in [5.74, 6) is -2.40. The highest BCUT2D eigenvalue weighted by atomic mass is 32.2. The number of carbonyl (C=O) groups is 3. The SMILES string of the molecule is C[n+]1cccc(-c2cn(-c3nsc(SC4=C(C(=O)O)N5C(=O)[C@@H](NC(=O)/C(=N\O)c6nsc(N)n6)C5SC4)n3)cn2)c1. The van der Waals surface area contributed by atoms with Gasteiger partial charge in [-0.3, -0.25) is 19.1 Å². The van der Waals surface area contributed by atoms with E-state index in [1.807, 2.05) is 36.1 Å². The van der Waals surface area contributed by atoms with E-state index in [0.29, 0.717) is 15.2 Å². The van der Waals surface area contributed by atoms with E-state index in [0.717, 1.165) is 51.0 Å². The van der Waals surface area contributed by atoms with Crippen LogP contribution < -0.4 is 15.6 Å². The molecule has 42 heavy (non-hydrogen) atoms. The average molecular weight is 645 g/mol. The van der Waals surface area contributed by atoms with Gasteiger partial charge in [-0.15, -0.1) is 11.8 Å². The van der Waals surface area contributed by atoms with E-state index in [4.69, 9.17) is 5.73 Å². The second-order valence-corrected chi connectivity index (χ2v) is 12.7. The highest BCUT2D eigenvalue weighted by Gasteiger charge is 2.54. The van der Waals surface area contributed by atoms with Crippen LogP contribution in [0.4, 0.5) is 5.13 Å². The van der Waals surface area contributed by atoms with Crippen molar-refractivity contribution in [3.05, 3.63) is 53.5 Å². The number of β-lactam (4-membered cyclic amide) rings is 1. The molecule has 2 amide bonds. The topological polar surface area (TPSA) is 219 Å². The number of carboxylic acid groups (broad SMARTS) is 1. The molecule has 4 aromatic rings. The number of amides is 2. The minimum absolute atomic E-state index is 0.0627. The molecule has 214 valence electrons. The third kappa shape index (κ3) is 5.08. The Balaban J connectivity index is 1.17. The predicted molar refractivity (Wildman–Crippen MR) is 152 cm³/mol. The summed E-state index contributed by atoms with van der Waals surface area (Å²) in [7, 11) is 1.92. The fourth-order valence-corrected chi connectivity index (χ4v) is 7.85. The molecule has 2 aliphatic rings. The maximum Gasteiger partial charge on any atom is 0.353 e.